The van der Waals surface area contributed by atoms with Crippen molar-refractivity contribution in [3.8, 4) is 5.75 Å². The molecule has 4 rings (SSSR count). The number of halogens is 2. The third kappa shape index (κ3) is 5.75. The standard InChI is InChI=1S/C24H34F2N2O3/c1-2-28-8-3-16(4-9-28)20-13-17(20)5-12-31-19-14-21(25)23(22(26)15-19)24(29)27-18-6-10-30-11-7-18/h14-18,20H,2-13H2,1H3,(H,27,29)/t17-,20-/m1/s1. The SMILES string of the molecule is CCN1CCC([C@H]2C[C@H]2CCOc2cc(F)c(C(=O)NC3CCOCC3)c(F)c2)CC1. The molecule has 1 aliphatic carbocycles. The number of amides is 1. The van der Waals surface area contributed by atoms with E-state index in [0.29, 0.717) is 38.6 Å². The van der Waals surface area contributed by atoms with Gasteiger partial charge >= 0.3 is 0 Å². The Balaban J connectivity index is 1.23. The van der Waals surface area contributed by atoms with Crippen molar-refractivity contribution in [2.24, 2.45) is 17.8 Å². The molecular formula is C24H34F2N2O3. The smallest absolute Gasteiger partial charge is 0.257 e. The van der Waals surface area contributed by atoms with Gasteiger partial charge in [-0.05, 0) is 75.9 Å². The maximum Gasteiger partial charge on any atom is 0.257 e. The fourth-order valence-electron chi connectivity index (χ4n) is 5.16. The monoisotopic (exact) mass is 436 g/mol. The van der Waals surface area contributed by atoms with E-state index in [1.54, 1.807) is 0 Å². The van der Waals surface area contributed by atoms with Crippen LogP contribution in [0.15, 0.2) is 12.1 Å². The predicted octanol–water partition coefficient (Wildman–Crippen LogP) is 4.01. The van der Waals surface area contributed by atoms with E-state index >= 15 is 0 Å². The maximum absolute atomic E-state index is 14.5. The molecule has 3 aliphatic rings. The van der Waals surface area contributed by atoms with Crippen LogP contribution < -0.4 is 10.1 Å². The molecule has 0 spiro atoms. The Bertz CT molecular complexity index is 738. The highest BCUT2D eigenvalue weighted by molar-refractivity contribution is 5.95. The zero-order valence-corrected chi connectivity index (χ0v) is 18.4. The summed E-state index contributed by atoms with van der Waals surface area (Å²) in [5.74, 6) is -0.0755. The van der Waals surface area contributed by atoms with Crippen molar-refractivity contribution < 1.29 is 23.0 Å². The third-order valence-electron chi connectivity index (χ3n) is 7.22. The molecule has 5 nitrogen and oxygen atoms in total. The molecule has 172 valence electrons. The number of rotatable bonds is 8. The first-order valence-electron chi connectivity index (χ1n) is 11.8. The number of nitrogens with one attached hydrogen (secondary N) is 1. The van der Waals surface area contributed by atoms with E-state index in [1.165, 1.54) is 32.4 Å². The molecule has 1 amide bonds. The highest BCUT2D eigenvalue weighted by Crippen LogP contribution is 2.49. The lowest BCUT2D eigenvalue weighted by molar-refractivity contribution is 0.0692. The fraction of sp³-hybridized carbons (Fsp3) is 0.708. The Hall–Kier alpha value is -1.73. The van der Waals surface area contributed by atoms with E-state index in [1.807, 2.05) is 0 Å². The molecule has 2 atom stereocenters. The van der Waals surface area contributed by atoms with Gasteiger partial charge in [-0.15, -0.1) is 0 Å². The molecule has 0 bridgehead atoms. The number of likely N-dealkylation sites (tertiary alicyclic amines) is 1. The van der Waals surface area contributed by atoms with Gasteiger partial charge in [-0.1, -0.05) is 6.92 Å². The van der Waals surface area contributed by atoms with E-state index in [9.17, 15) is 13.6 Å². The van der Waals surface area contributed by atoms with Crippen molar-refractivity contribution in [2.75, 3.05) is 39.5 Å². The van der Waals surface area contributed by atoms with Gasteiger partial charge in [0.25, 0.3) is 5.91 Å². The van der Waals surface area contributed by atoms with Gasteiger partial charge in [0, 0.05) is 31.4 Å². The summed E-state index contributed by atoms with van der Waals surface area (Å²) in [6, 6.07) is 2.12. The van der Waals surface area contributed by atoms with Crippen molar-refractivity contribution in [3.05, 3.63) is 29.3 Å². The first kappa shape index (κ1) is 22.5. The molecule has 3 fully saturated rings. The van der Waals surface area contributed by atoms with Gasteiger partial charge in [-0.2, -0.15) is 0 Å². The number of nitrogens with zero attached hydrogens (tertiary/aromatic N) is 1. The Morgan fingerprint density at radius 2 is 1.84 bits per heavy atom. The van der Waals surface area contributed by atoms with Crippen LogP contribution in [0.1, 0.15) is 55.8 Å². The lowest BCUT2D eigenvalue weighted by atomic mass is 9.90. The van der Waals surface area contributed by atoms with Crippen LogP contribution in [0.4, 0.5) is 8.78 Å². The topological polar surface area (TPSA) is 50.8 Å². The minimum absolute atomic E-state index is 0.114. The van der Waals surface area contributed by atoms with Crippen molar-refractivity contribution in [1.29, 1.82) is 0 Å². The van der Waals surface area contributed by atoms with Gasteiger partial charge in [0.1, 0.15) is 22.9 Å². The first-order chi connectivity index (χ1) is 15.0. The van der Waals surface area contributed by atoms with Crippen LogP contribution >= 0.6 is 0 Å². The summed E-state index contributed by atoms with van der Waals surface area (Å²) >= 11 is 0. The minimum atomic E-state index is -0.883. The van der Waals surface area contributed by atoms with Gasteiger partial charge in [0.05, 0.1) is 6.61 Å². The number of carbonyl (C=O) groups excluding carboxylic acids is 1. The van der Waals surface area contributed by atoms with Crippen molar-refractivity contribution >= 4 is 5.91 Å². The van der Waals surface area contributed by atoms with Crippen LogP contribution in [0.3, 0.4) is 0 Å². The van der Waals surface area contributed by atoms with Crippen LogP contribution in [0.5, 0.6) is 5.75 Å². The molecule has 1 aromatic carbocycles. The average Bonchev–Trinajstić information content (AvgIpc) is 3.53. The van der Waals surface area contributed by atoms with Crippen molar-refractivity contribution in [3.63, 3.8) is 0 Å². The zero-order chi connectivity index (χ0) is 21.8. The molecular weight excluding hydrogens is 402 g/mol. The summed E-state index contributed by atoms with van der Waals surface area (Å²) in [4.78, 5) is 14.8. The van der Waals surface area contributed by atoms with E-state index in [-0.39, 0.29) is 11.8 Å². The lowest BCUT2D eigenvalue weighted by Gasteiger charge is -2.31. The van der Waals surface area contributed by atoms with E-state index in [0.717, 1.165) is 36.9 Å². The van der Waals surface area contributed by atoms with Gasteiger partial charge in [0.2, 0.25) is 0 Å². The number of ether oxygens (including phenoxy) is 2. The van der Waals surface area contributed by atoms with Gasteiger partial charge < -0.3 is 19.7 Å². The lowest BCUT2D eigenvalue weighted by Crippen LogP contribution is -2.39. The Labute approximate surface area is 183 Å². The summed E-state index contributed by atoms with van der Waals surface area (Å²) in [5, 5.41) is 2.70. The molecule has 0 radical (unpaired) electrons. The highest BCUT2D eigenvalue weighted by atomic mass is 19.1. The number of hydrogen-bond donors (Lipinski definition) is 1. The normalized spacial score (nSPS) is 25.4. The second-order valence-electron chi connectivity index (χ2n) is 9.19. The second kappa shape index (κ2) is 10.3. The zero-order valence-electron chi connectivity index (χ0n) is 18.4. The van der Waals surface area contributed by atoms with E-state index in [2.05, 4.69) is 17.1 Å². The van der Waals surface area contributed by atoms with Crippen LogP contribution in [-0.2, 0) is 4.74 Å². The average molecular weight is 437 g/mol. The third-order valence-corrected chi connectivity index (χ3v) is 7.22. The molecule has 31 heavy (non-hydrogen) atoms. The number of benzene rings is 1. The quantitative estimate of drug-likeness (QED) is 0.669. The summed E-state index contributed by atoms with van der Waals surface area (Å²) in [7, 11) is 0. The summed E-state index contributed by atoms with van der Waals surface area (Å²) < 4.78 is 39.8. The molecule has 7 heteroatoms. The molecule has 1 aromatic rings. The second-order valence-corrected chi connectivity index (χ2v) is 9.19. The first-order valence-corrected chi connectivity index (χ1v) is 11.8. The molecule has 2 heterocycles. The molecule has 2 aliphatic heterocycles. The van der Waals surface area contributed by atoms with Crippen LogP contribution in [0.25, 0.3) is 0 Å². The van der Waals surface area contributed by atoms with Gasteiger partial charge in [0.15, 0.2) is 0 Å². The highest BCUT2D eigenvalue weighted by Gasteiger charge is 2.42. The Morgan fingerprint density at radius 1 is 1.16 bits per heavy atom. The predicted molar refractivity (Wildman–Crippen MR) is 114 cm³/mol. The number of hydrogen-bond acceptors (Lipinski definition) is 4. The van der Waals surface area contributed by atoms with Crippen LogP contribution in [-0.4, -0.2) is 56.3 Å². The van der Waals surface area contributed by atoms with Crippen molar-refractivity contribution in [1.82, 2.24) is 10.2 Å². The van der Waals surface area contributed by atoms with Gasteiger partial charge in [-0.25, -0.2) is 8.78 Å². The van der Waals surface area contributed by atoms with E-state index < -0.39 is 23.1 Å². The van der Waals surface area contributed by atoms with E-state index in [4.69, 9.17) is 9.47 Å². The van der Waals surface area contributed by atoms with Crippen molar-refractivity contribution in [2.45, 2.75) is 51.5 Å². The molecule has 0 unspecified atom stereocenters. The minimum Gasteiger partial charge on any atom is -0.493 e. The summed E-state index contributed by atoms with van der Waals surface area (Å²) in [5.41, 5.74) is -0.542. The molecule has 2 saturated heterocycles. The molecule has 0 aromatic heterocycles. The summed E-state index contributed by atoms with van der Waals surface area (Å²) in [6.45, 7) is 7.29. The number of carbonyl (C=O) groups is 1. The molecule has 1 saturated carbocycles. The van der Waals surface area contributed by atoms with Crippen LogP contribution in [0, 0.1) is 29.4 Å². The maximum atomic E-state index is 14.5. The number of piperidine rings is 1. The van der Waals surface area contributed by atoms with Gasteiger partial charge in [-0.3, -0.25) is 4.79 Å². The largest absolute Gasteiger partial charge is 0.493 e. The van der Waals surface area contributed by atoms with Crippen LogP contribution in [0.2, 0.25) is 0 Å². The summed E-state index contributed by atoms with van der Waals surface area (Å²) in [6.07, 6.45) is 6.02. The Morgan fingerprint density at radius 3 is 2.48 bits per heavy atom. The Kier molecular flexibility index (Phi) is 7.43. The fourth-order valence-corrected chi connectivity index (χ4v) is 5.16. The molecule has 1 N–H and O–H groups in total.